The molecule has 8 heteroatoms. The van der Waals surface area contributed by atoms with Gasteiger partial charge in [0.1, 0.15) is 0 Å². The zero-order chi connectivity index (χ0) is 23.3. The Morgan fingerprint density at radius 1 is 0.971 bits per heavy atom. The van der Waals surface area contributed by atoms with Gasteiger partial charge in [-0.15, -0.1) is 0 Å². The van der Waals surface area contributed by atoms with Gasteiger partial charge in [0, 0.05) is 25.2 Å². The molecule has 0 saturated carbocycles. The SMILES string of the molecule is O=C(Nc1ccccc1C(=O)N1CCCC1)C1CCCN(Cc2nc(-c3ccccc3)no2)C1. The van der Waals surface area contributed by atoms with Crippen LogP contribution in [0.15, 0.2) is 59.1 Å². The van der Waals surface area contributed by atoms with Crippen molar-refractivity contribution in [2.45, 2.75) is 32.2 Å². The summed E-state index contributed by atoms with van der Waals surface area (Å²) in [5.41, 5.74) is 2.06. The van der Waals surface area contributed by atoms with Crippen LogP contribution in [0.2, 0.25) is 0 Å². The van der Waals surface area contributed by atoms with E-state index in [1.807, 2.05) is 53.4 Å². The van der Waals surface area contributed by atoms with E-state index < -0.39 is 0 Å². The quantitative estimate of drug-likeness (QED) is 0.603. The maximum atomic E-state index is 13.1. The first kappa shape index (κ1) is 22.3. The second-order valence-electron chi connectivity index (χ2n) is 8.99. The van der Waals surface area contributed by atoms with Crippen molar-refractivity contribution in [2.75, 3.05) is 31.5 Å². The zero-order valence-electron chi connectivity index (χ0n) is 19.2. The van der Waals surface area contributed by atoms with E-state index in [4.69, 9.17) is 4.52 Å². The second kappa shape index (κ2) is 10.2. The van der Waals surface area contributed by atoms with Crippen LogP contribution in [0.5, 0.6) is 0 Å². The molecule has 2 aliphatic rings. The van der Waals surface area contributed by atoms with E-state index in [0.29, 0.717) is 36.1 Å². The molecular formula is C26H29N5O3. The summed E-state index contributed by atoms with van der Waals surface area (Å²) in [6.07, 6.45) is 3.78. The average molecular weight is 460 g/mol. The Kier molecular flexibility index (Phi) is 6.67. The Labute approximate surface area is 198 Å². The fourth-order valence-corrected chi connectivity index (χ4v) is 4.73. The molecule has 1 N–H and O–H groups in total. The average Bonchev–Trinajstić information content (AvgIpc) is 3.58. The van der Waals surface area contributed by atoms with Gasteiger partial charge in [-0.1, -0.05) is 47.6 Å². The normalized spacial score (nSPS) is 18.7. The van der Waals surface area contributed by atoms with E-state index >= 15 is 0 Å². The first-order valence-corrected chi connectivity index (χ1v) is 12.0. The molecule has 3 aromatic rings. The van der Waals surface area contributed by atoms with Crippen molar-refractivity contribution in [1.82, 2.24) is 19.9 Å². The van der Waals surface area contributed by atoms with E-state index in [0.717, 1.165) is 50.9 Å². The van der Waals surface area contributed by atoms with Gasteiger partial charge in [0.2, 0.25) is 17.6 Å². The third-order valence-corrected chi connectivity index (χ3v) is 6.54. The molecule has 2 saturated heterocycles. The zero-order valence-corrected chi connectivity index (χ0v) is 19.2. The topological polar surface area (TPSA) is 91.6 Å². The van der Waals surface area contributed by atoms with Crippen molar-refractivity contribution in [3.05, 3.63) is 66.1 Å². The van der Waals surface area contributed by atoms with Crippen LogP contribution in [0, 0.1) is 5.92 Å². The third kappa shape index (κ3) is 5.02. The summed E-state index contributed by atoms with van der Waals surface area (Å²) in [5, 5.41) is 7.12. The van der Waals surface area contributed by atoms with Gasteiger partial charge in [-0.3, -0.25) is 14.5 Å². The lowest BCUT2D eigenvalue weighted by atomic mass is 9.96. The predicted octanol–water partition coefficient (Wildman–Crippen LogP) is 3.82. The van der Waals surface area contributed by atoms with Crippen LogP contribution < -0.4 is 5.32 Å². The fourth-order valence-electron chi connectivity index (χ4n) is 4.73. The Morgan fingerprint density at radius 2 is 1.74 bits per heavy atom. The number of hydrogen-bond acceptors (Lipinski definition) is 6. The van der Waals surface area contributed by atoms with Crippen LogP contribution in [0.3, 0.4) is 0 Å². The smallest absolute Gasteiger partial charge is 0.255 e. The minimum absolute atomic E-state index is 0.00992. The summed E-state index contributed by atoms with van der Waals surface area (Å²) in [6, 6.07) is 17.0. The summed E-state index contributed by atoms with van der Waals surface area (Å²) >= 11 is 0. The van der Waals surface area contributed by atoms with Crippen LogP contribution in [-0.2, 0) is 11.3 Å². The largest absolute Gasteiger partial charge is 0.339 e. The number of hydrogen-bond donors (Lipinski definition) is 1. The first-order valence-electron chi connectivity index (χ1n) is 12.0. The molecule has 2 aromatic carbocycles. The van der Waals surface area contributed by atoms with Crippen LogP contribution in [-0.4, -0.2) is 57.9 Å². The maximum Gasteiger partial charge on any atom is 0.255 e. The van der Waals surface area contributed by atoms with Gasteiger partial charge >= 0.3 is 0 Å². The van der Waals surface area contributed by atoms with E-state index in [-0.39, 0.29) is 17.7 Å². The number of benzene rings is 2. The highest BCUT2D eigenvalue weighted by atomic mass is 16.5. The van der Waals surface area contributed by atoms with Gasteiger partial charge in [-0.2, -0.15) is 4.98 Å². The summed E-state index contributed by atoms with van der Waals surface area (Å²) in [7, 11) is 0. The first-order chi connectivity index (χ1) is 16.7. The summed E-state index contributed by atoms with van der Waals surface area (Å²) in [5.74, 6) is 0.883. The van der Waals surface area contributed by atoms with Crippen molar-refractivity contribution in [3.63, 3.8) is 0 Å². The fraction of sp³-hybridized carbons (Fsp3) is 0.385. The Bertz CT molecular complexity index is 1140. The lowest BCUT2D eigenvalue weighted by Crippen LogP contribution is -2.40. The number of carbonyl (C=O) groups is 2. The van der Waals surface area contributed by atoms with Gasteiger partial charge in [0.05, 0.1) is 23.7 Å². The molecule has 3 heterocycles. The van der Waals surface area contributed by atoms with Crippen molar-refractivity contribution < 1.29 is 14.1 Å². The number of nitrogens with zero attached hydrogens (tertiary/aromatic N) is 4. The number of likely N-dealkylation sites (tertiary alicyclic amines) is 2. The van der Waals surface area contributed by atoms with E-state index in [9.17, 15) is 9.59 Å². The number of rotatable bonds is 6. The maximum absolute atomic E-state index is 13.1. The van der Waals surface area contributed by atoms with E-state index in [1.165, 1.54) is 0 Å². The summed E-state index contributed by atoms with van der Waals surface area (Å²) in [6.45, 7) is 3.54. The van der Waals surface area contributed by atoms with Crippen molar-refractivity contribution in [1.29, 1.82) is 0 Å². The molecule has 0 aliphatic carbocycles. The van der Waals surface area contributed by atoms with Crippen molar-refractivity contribution in [2.24, 2.45) is 5.92 Å². The van der Waals surface area contributed by atoms with Crippen LogP contribution in [0.1, 0.15) is 41.9 Å². The molecule has 2 fully saturated rings. The molecule has 1 atom stereocenters. The number of anilines is 1. The van der Waals surface area contributed by atoms with Gasteiger partial charge < -0.3 is 14.7 Å². The molecule has 5 rings (SSSR count). The number of aromatic nitrogens is 2. The highest BCUT2D eigenvalue weighted by molar-refractivity contribution is 6.04. The van der Waals surface area contributed by atoms with Crippen molar-refractivity contribution >= 4 is 17.5 Å². The summed E-state index contributed by atoms with van der Waals surface area (Å²) in [4.78, 5) is 34.6. The van der Waals surface area contributed by atoms with Gasteiger partial charge in [-0.05, 0) is 44.4 Å². The molecule has 8 nitrogen and oxygen atoms in total. The number of piperidine rings is 1. The number of para-hydroxylation sites is 1. The third-order valence-electron chi connectivity index (χ3n) is 6.54. The lowest BCUT2D eigenvalue weighted by Gasteiger charge is -2.31. The molecule has 2 aliphatic heterocycles. The predicted molar refractivity (Wildman–Crippen MR) is 128 cm³/mol. The number of amides is 2. The highest BCUT2D eigenvalue weighted by Gasteiger charge is 2.28. The second-order valence-corrected chi connectivity index (χ2v) is 8.99. The number of nitrogens with one attached hydrogen (secondary N) is 1. The van der Waals surface area contributed by atoms with Gasteiger partial charge in [0.25, 0.3) is 5.91 Å². The molecule has 0 bridgehead atoms. The molecule has 0 spiro atoms. The Morgan fingerprint density at radius 3 is 2.56 bits per heavy atom. The van der Waals surface area contributed by atoms with Gasteiger partial charge in [0.15, 0.2) is 0 Å². The van der Waals surface area contributed by atoms with Crippen LogP contribution in [0.4, 0.5) is 5.69 Å². The minimum Gasteiger partial charge on any atom is -0.339 e. The van der Waals surface area contributed by atoms with E-state index in [2.05, 4.69) is 20.4 Å². The molecular weight excluding hydrogens is 430 g/mol. The number of carbonyl (C=O) groups excluding carboxylic acids is 2. The molecule has 2 amide bonds. The molecule has 176 valence electrons. The Balaban J connectivity index is 1.21. The highest BCUT2D eigenvalue weighted by Crippen LogP contribution is 2.24. The van der Waals surface area contributed by atoms with Gasteiger partial charge in [-0.25, -0.2) is 0 Å². The molecule has 34 heavy (non-hydrogen) atoms. The lowest BCUT2D eigenvalue weighted by molar-refractivity contribution is -0.121. The van der Waals surface area contributed by atoms with Crippen molar-refractivity contribution in [3.8, 4) is 11.4 Å². The molecule has 0 radical (unpaired) electrons. The molecule has 1 aromatic heterocycles. The monoisotopic (exact) mass is 459 g/mol. The summed E-state index contributed by atoms with van der Waals surface area (Å²) < 4.78 is 5.46. The molecule has 1 unspecified atom stereocenters. The standard InChI is InChI=1S/C26H29N5O3/c32-25(27-22-13-5-4-12-21(22)26(33)31-15-6-7-16-31)20-11-8-14-30(17-20)18-23-28-24(29-34-23)19-9-2-1-3-10-19/h1-5,9-10,12-13,20H,6-8,11,14-18H2,(H,27,32). The van der Waals surface area contributed by atoms with Crippen LogP contribution >= 0.6 is 0 Å². The Hall–Kier alpha value is -3.52. The van der Waals surface area contributed by atoms with Crippen LogP contribution in [0.25, 0.3) is 11.4 Å². The van der Waals surface area contributed by atoms with E-state index in [1.54, 1.807) is 6.07 Å². The minimum atomic E-state index is -0.166.